The lowest BCUT2D eigenvalue weighted by Gasteiger charge is -2.33. The van der Waals surface area contributed by atoms with Gasteiger partial charge < -0.3 is 9.84 Å². The number of nitrogens with zero attached hydrogens (tertiary/aromatic N) is 3. The maximum Gasteiger partial charge on any atom is 0.325 e. The summed E-state index contributed by atoms with van der Waals surface area (Å²) in [6, 6.07) is 8.47. The summed E-state index contributed by atoms with van der Waals surface area (Å²) in [4.78, 5) is 13.5. The van der Waals surface area contributed by atoms with Crippen molar-refractivity contribution in [3.8, 4) is 5.75 Å². The number of piperidine rings is 1. The molecule has 0 spiro atoms. The van der Waals surface area contributed by atoms with Gasteiger partial charge in [-0.1, -0.05) is 12.1 Å². The first-order chi connectivity index (χ1) is 12.2. The third-order valence-electron chi connectivity index (χ3n) is 5.12. The predicted molar refractivity (Wildman–Crippen MR) is 92.8 cm³/mol. The van der Waals surface area contributed by atoms with Crippen molar-refractivity contribution in [2.75, 3.05) is 19.7 Å². The number of benzene rings is 1. The van der Waals surface area contributed by atoms with Gasteiger partial charge in [0.1, 0.15) is 12.3 Å². The highest BCUT2D eigenvalue weighted by Crippen LogP contribution is 2.30. The zero-order chi connectivity index (χ0) is 17.2. The number of rotatable bonds is 5. The van der Waals surface area contributed by atoms with E-state index in [4.69, 9.17) is 9.84 Å². The number of hydrogen-bond acceptors (Lipinski definition) is 4. The van der Waals surface area contributed by atoms with Crippen LogP contribution in [0.25, 0.3) is 0 Å². The van der Waals surface area contributed by atoms with Crippen molar-refractivity contribution in [2.45, 2.75) is 38.3 Å². The molecule has 0 bridgehead atoms. The van der Waals surface area contributed by atoms with Crippen LogP contribution in [0.2, 0.25) is 0 Å². The Morgan fingerprint density at radius 3 is 3.16 bits per heavy atom. The van der Waals surface area contributed by atoms with Gasteiger partial charge in [-0.25, -0.2) is 0 Å². The van der Waals surface area contributed by atoms with Crippen LogP contribution in [0.5, 0.6) is 5.75 Å². The highest BCUT2D eigenvalue weighted by molar-refractivity contribution is 5.66. The molecule has 2 aromatic rings. The lowest BCUT2D eigenvalue weighted by Crippen LogP contribution is -2.35. The maximum atomic E-state index is 11.0. The summed E-state index contributed by atoms with van der Waals surface area (Å²) in [6.45, 7) is 3.68. The number of ether oxygens (including phenoxy) is 1. The summed E-state index contributed by atoms with van der Waals surface area (Å²) >= 11 is 0. The van der Waals surface area contributed by atoms with E-state index in [0.717, 1.165) is 56.9 Å². The number of carbonyl (C=O) groups is 1. The molecule has 1 aromatic heterocycles. The van der Waals surface area contributed by atoms with E-state index >= 15 is 0 Å². The van der Waals surface area contributed by atoms with Crippen molar-refractivity contribution in [3.05, 3.63) is 47.3 Å². The molecule has 1 fully saturated rings. The van der Waals surface area contributed by atoms with Crippen LogP contribution in [0, 0.1) is 0 Å². The Morgan fingerprint density at radius 2 is 2.28 bits per heavy atom. The van der Waals surface area contributed by atoms with E-state index in [1.165, 1.54) is 11.1 Å². The number of aromatic nitrogens is 2. The summed E-state index contributed by atoms with van der Waals surface area (Å²) in [6.07, 6.45) is 4.91. The molecule has 4 rings (SSSR count). The van der Waals surface area contributed by atoms with Gasteiger partial charge in [-0.05, 0) is 42.6 Å². The third kappa shape index (κ3) is 3.54. The van der Waals surface area contributed by atoms with Crippen molar-refractivity contribution in [3.63, 3.8) is 0 Å². The smallest absolute Gasteiger partial charge is 0.325 e. The molecule has 132 valence electrons. The van der Waals surface area contributed by atoms with Crippen LogP contribution in [-0.2, 0) is 24.3 Å². The van der Waals surface area contributed by atoms with Crippen molar-refractivity contribution < 1.29 is 14.6 Å². The highest BCUT2D eigenvalue weighted by Gasteiger charge is 2.25. The summed E-state index contributed by atoms with van der Waals surface area (Å²) in [5, 5.41) is 13.2. The standard InChI is InChI=1S/C19H23N3O3/c23-19(24)13-22-17(5-7-20-22)16-2-1-8-21(12-16)11-14-3-4-18-15(10-14)6-9-25-18/h3-5,7,10,16H,1-2,6,8-9,11-13H2,(H,23,24)/t16-/m1/s1. The SMILES string of the molecule is O=C(O)Cn1nccc1[C@@H]1CCCN(Cc2ccc3c(c2)CCO3)C1. The molecular weight excluding hydrogens is 318 g/mol. The van der Waals surface area contributed by atoms with Crippen molar-refractivity contribution in [2.24, 2.45) is 0 Å². The van der Waals surface area contributed by atoms with E-state index in [1.54, 1.807) is 10.9 Å². The van der Waals surface area contributed by atoms with Crippen LogP contribution in [0.1, 0.15) is 35.6 Å². The van der Waals surface area contributed by atoms with Gasteiger partial charge >= 0.3 is 5.97 Å². The molecule has 1 atom stereocenters. The lowest BCUT2D eigenvalue weighted by atomic mass is 9.94. The molecule has 6 nitrogen and oxygen atoms in total. The number of hydrogen-bond donors (Lipinski definition) is 1. The van der Waals surface area contributed by atoms with E-state index in [0.29, 0.717) is 5.92 Å². The van der Waals surface area contributed by atoms with Crippen molar-refractivity contribution in [1.82, 2.24) is 14.7 Å². The largest absolute Gasteiger partial charge is 0.493 e. The molecule has 0 unspecified atom stereocenters. The Balaban J connectivity index is 1.44. The zero-order valence-corrected chi connectivity index (χ0v) is 14.2. The minimum absolute atomic E-state index is 0.0658. The van der Waals surface area contributed by atoms with Gasteiger partial charge in [0.2, 0.25) is 0 Å². The molecule has 6 heteroatoms. The molecule has 2 aliphatic rings. The molecule has 3 heterocycles. The average Bonchev–Trinajstić information content (AvgIpc) is 3.23. The molecule has 1 aromatic carbocycles. The summed E-state index contributed by atoms with van der Waals surface area (Å²) in [5.74, 6) is 0.518. The van der Waals surface area contributed by atoms with Gasteiger partial charge in [0.25, 0.3) is 0 Å². The Morgan fingerprint density at radius 1 is 1.36 bits per heavy atom. The molecule has 25 heavy (non-hydrogen) atoms. The van der Waals surface area contributed by atoms with Crippen LogP contribution >= 0.6 is 0 Å². The van der Waals surface area contributed by atoms with Crippen LogP contribution in [-0.4, -0.2) is 45.5 Å². The van der Waals surface area contributed by atoms with E-state index in [-0.39, 0.29) is 6.54 Å². The number of likely N-dealkylation sites (tertiary alicyclic amines) is 1. The topological polar surface area (TPSA) is 67.6 Å². The highest BCUT2D eigenvalue weighted by atomic mass is 16.5. The molecule has 0 amide bonds. The fourth-order valence-corrected chi connectivity index (χ4v) is 3.99. The summed E-state index contributed by atoms with van der Waals surface area (Å²) in [7, 11) is 0. The zero-order valence-electron chi connectivity index (χ0n) is 14.2. The Kier molecular flexibility index (Phi) is 4.44. The molecule has 1 N–H and O–H groups in total. The summed E-state index contributed by atoms with van der Waals surface area (Å²) < 4.78 is 7.21. The van der Waals surface area contributed by atoms with E-state index < -0.39 is 5.97 Å². The predicted octanol–water partition coefficient (Wildman–Crippen LogP) is 2.28. The van der Waals surface area contributed by atoms with E-state index in [1.807, 2.05) is 6.07 Å². The van der Waals surface area contributed by atoms with Gasteiger partial charge in [-0.3, -0.25) is 14.4 Å². The first-order valence-electron chi connectivity index (χ1n) is 8.89. The van der Waals surface area contributed by atoms with Crippen LogP contribution in [0.15, 0.2) is 30.5 Å². The number of aliphatic carboxylic acids is 1. The summed E-state index contributed by atoms with van der Waals surface area (Å²) in [5.41, 5.74) is 3.67. The van der Waals surface area contributed by atoms with Gasteiger partial charge in [0, 0.05) is 37.3 Å². The molecule has 0 aliphatic carbocycles. The fraction of sp³-hybridized carbons (Fsp3) is 0.474. The molecule has 1 saturated heterocycles. The van der Waals surface area contributed by atoms with E-state index in [9.17, 15) is 4.79 Å². The molecule has 0 radical (unpaired) electrons. The first kappa shape index (κ1) is 16.1. The molecule has 0 saturated carbocycles. The Hall–Kier alpha value is -2.34. The second kappa shape index (κ2) is 6.88. The van der Waals surface area contributed by atoms with Crippen LogP contribution in [0.4, 0.5) is 0 Å². The van der Waals surface area contributed by atoms with Gasteiger partial charge in [-0.15, -0.1) is 0 Å². The van der Waals surface area contributed by atoms with Gasteiger partial charge in [-0.2, -0.15) is 5.10 Å². The second-order valence-corrected chi connectivity index (χ2v) is 6.92. The Bertz CT molecular complexity index is 771. The second-order valence-electron chi connectivity index (χ2n) is 6.92. The van der Waals surface area contributed by atoms with Crippen molar-refractivity contribution >= 4 is 5.97 Å². The minimum Gasteiger partial charge on any atom is -0.493 e. The monoisotopic (exact) mass is 341 g/mol. The molecule has 2 aliphatic heterocycles. The van der Waals surface area contributed by atoms with Gasteiger partial charge in [0.15, 0.2) is 0 Å². The first-order valence-corrected chi connectivity index (χ1v) is 8.89. The maximum absolute atomic E-state index is 11.0. The third-order valence-corrected chi connectivity index (χ3v) is 5.12. The van der Waals surface area contributed by atoms with Crippen LogP contribution < -0.4 is 4.74 Å². The quantitative estimate of drug-likeness (QED) is 0.904. The lowest BCUT2D eigenvalue weighted by molar-refractivity contribution is -0.137. The minimum atomic E-state index is -0.849. The van der Waals surface area contributed by atoms with Crippen LogP contribution in [0.3, 0.4) is 0 Å². The van der Waals surface area contributed by atoms with Gasteiger partial charge in [0.05, 0.1) is 6.61 Å². The normalized spacial score (nSPS) is 20.2. The number of fused-ring (bicyclic) bond motifs is 1. The van der Waals surface area contributed by atoms with E-state index in [2.05, 4.69) is 28.2 Å². The number of carboxylic acid groups (broad SMARTS) is 1. The number of carboxylic acids is 1. The van der Waals surface area contributed by atoms with Crippen molar-refractivity contribution in [1.29, 1.82) is 0 Å². The fourth-order valence-electron chi connectivity index (χ4n) is 3.99. The Labute approximate surface area is 147 Å². The molecular formula is C19H23N3O3. The average molecular weight is 341 g/mol.